The van der Waals surface area contributed by atoms with E-state index in [0.29, 0.717) is 5.56 Å². The number of carbonyl (C=O) groups excluding carboxylic acids is 1. The molecule has 0 bridgehead atoms. The topological polar surface area (TPSA) is 45.7 Å². The number of ether oxygens (including phenoxy) is 1. The van der Waals surface area contributed by atoms with Gasteiger partial charge in [-0.15, -0.1) is 0 Å². The number of benzene rings is 2. The van der Waals surface area contributed by atoms with Crippen molar-refractivity contribution in [2.24, 2.45) is 0 Å². The van der Waals surface area contributed by atoms with Crippen LogP contribution in [0.5, 0.6) is 5.75 Å². The second kappa shape index (κ2) is 7.60. The van der Waals surface area contributed by atoms with E-state index in [2.05, 4.69) is 16.9 Å². The zero-order chi connectivity index (χ0) is 19.7. The van der Waals surface area contributed by atoms with Crippen LogP contribution in [0.25, 0.3) is 22.0 Å². The summed E-state index contributed by atoms with van der Waals surface area (Å²) < 4.78 is 5.45. The first-order valence-corrected chi connectivity index (χ1v) is 9.56. The van der Waals surface area contributed by atoms with Gasteiger partial charge >= 0.3 is 0 Å². The summed E-state index contributed by atoms with van der Waals surface area (Å²) in [5, 5.41) is 1.01. The van der Waals surface area contributed by atoms with Gasteiger partial charge < -0.3 is 14.5 Å². The molecule has 3 aromatic rings. The van der Waals surface area contributed by atoms with Crippen molar-refractivity contribution in [3.63, 3.8) is 0 Å². The number of likely N-dealkylation sites (tertiary alicyclic amines) is 1. The number of nitrogens with zero attached hydrogens (tertiary/aromatic N) is 3. The third-order valence-corrected chi connectivity index (χ3v) is 5.61. The molecule has 0 radical (unpaired) electrons. The molecule has 1 aromatic heterocycles. The van der Waals surface area contributed by atoms with E-state index < -0.39 is 0 Å². The number of pyridine rings is 1. The monoisotopic (exact) mass is 375 g/mol. The lowest BCUT2D eigenvalue weighted by molar-refractivity contribution is 0.0737. The lowest BCUT2D eigenvalue weighted by atomic mass is 9.98. The van der Waals surface area contributed by atoms with Gasteiger partial charge in [0.25, 0.3) is 5.91 Å². The average Bonchev–Trinajstić information content (AvgIpc) is 3.18. The molecule has 1 fully saturated rings. The van der Waals surface area contributed by atoms with Crippen molar-refractivity contribution >= 4 is 16.8 Å². The Bertz CT molecular complexity index is 1020. The molecular formula is C23H25N3O2. The Kier molecular flexibility index (Phi) is 5.01. The lowest BCUT2D eigenvalue weighted by Crippen LogP contribution is -2.38. The Morgan fingerprint density at radius 3 is 2.82 bits per heavy atom. The Morgan fingerprint density at radius 2 is 2.07 bits per heavy atom. The highest BCUT2D eigenvalue weighted by molar-refractivity contribution is 6.00. The Balaban J connectivity index is 1.70. The van der Waals surface area contributed by atoms with Crippen LogP contribution >= 0.6 is 0 Å². The first-order valence-electron chi connectivity index (χ1n) is 9.56. The number of aromatic nitrogens is 1. The normalized spacial score (nSPS) is 17.0. The molecule has 4 rings (SSSR count). The molecule has 2 aromatic carbocycles. The molecule has 144 valence electrons. The minimum Gasteiger partial charge on any atom is -0.494 e. The van der Waals surface area contributed by atoms with E-state index in [1.165, 1.54) is 0 Å². The number of methoxy groups -OCH3 is 1. The molecule has 1 saturated heterocycles. The zero-order valence-corrected chi connectivity index (χ0v) is 16.6. The number of hydrogen-bond acceptors (Lipinski definition) is 4. The Morgan fingerprint density at radius 1 is 1.21 bits per heavy atom. The van der Waals surface area contributed by atoms with Crippen molar-refractivity contribution in [2.75, 3.05) is 34.3 Å². The summed E-state index contributed by atoms with van der Waals surface area (Å²) in [6.45, 7) is 1.96. The predicted molar refractivity (Wildman–Crippen MR) is 112 cm³/mol. The number of amides is 1. The van der Waals surface area contributed by atoms with Gasteiger partial charge in [-0.1, -0.05) is 18.2 Å². The summed E-state index contributed by atoms with van der Waals surface area (Å²) >= 11 is 0. The van der Waals surface area contributed by atoms with Crippen LogP contribution < -0.4 is 4.74 Å². The average molecular weight is 375 g/mol. The molecule has 5 nitrogen and oxygen atoms in total. The number of carbonyl (C=O) groups is 1. The molecule has 0 spiro atoms. The molecule has 28 heavy (non-hydrogen) atoms. The van der Waals surface area contributed by atoms with Crippen molar-refractivity contribution in [3.05, 3.63) is 60.3 Å². The Labute approximate surface area is 165 Å². The fourth-order valence-electron chi connectivity index (χ4n) is 3.98. The van der Waals surface area contributed by atoms with Gasteiger partial charge in [-0.25, -0.2) is 0 Å². The first kappa shape index (κ1) is 18.4. The SMILES string of the molecule is COc1ccc(-c2cccc(C(=O)N(C)[C@@H]3CCN(C)C3)c2)c2cccnc12. The van der Waals surface area contributed by atoms with Crippen LogP contribution in [-0.4, -0.2) is 61.0 Å². The lowest BCUT2D eigenvalue weighted by Gasteiger charge is -2.24. The highest BCUT2D eigenvalue weighted by Gasteiger charge is 2.27. The van der Waals surface area contributed by atoms with E-state index in [0.717, 1.165) is 47.3 Å². The van der Waals surface area contributed by atoms with E-state index in [1.54, 1.807) is 13.3 Å². The van der Waals surface area contributed by atoms with E-state index in [1.807, 2.05) is 60.5 Å². The number of likely N-dealkylation sites (N-methyl/N-ethyl adjacent to an activating group) is 2. The largest absolute Gasteiger partial charge is 0.494 e. The van der Waals surface area contributed by atoms with E-state index in [9.17, 15) is 4.79 Å². The van der Waals surface area contributed by atoms with Crippen LogP contribution in [-0.2, 0) is 0 Å². The second-order valence-corrected chi connectivity index (χ2v) is 7.42. The highest BCUT2D eigenvalue weighted by Crippen LogP contribution is 2.33. The molecule has 0 N–H and O–H groups in total. The maximum Gasteiger partial charge on any atom is 0.253 e. The minimum atomic E-state index is 0.0677. The summed E-state index contributed by atoms with van der Waals surface area (Å²) in [4.78, 5) is 21.7. The molecule has 0 unspecified atom stereocenters. The van der Waals surface area contributed by atoms with Crippen LogP contribution in [0.3, 0.4) is 0 Å². The van der Waals surface area contributed by atoms with Crippen molar-refractivity contribution in [3.8, 4) is 16.9 Å². The smallest absolute Gasteiger partial charge is 0.253 e. The standard InChI is InChI=1S/C23H25N3O2/c1-25-13-11-18(15-25)26(2)23(27)17-7-4-6-16(14-17)19-9-10-21(28-3)22-20(19)8-5-12-24-22/h4-10,12,14,18H,11,13,15H2,1-3H3/t18-/m1/s1. The second-order valence-electron chi connectivity index (χ2n) is 7.42. The van der Waals surface area contributed by atoms with Gasteiger partial charge in [-0.05, 0) is 61.5 Å². The molecule has 1 aliphatic heterocycles. The van der Waals surface area contributed by atoms with E-state index in [4.69, 9.17) is 4.74 Å². The summed E-state index contributed by atoms with van der Waals surface area (Å²) in [7, 11) is 5.66. The molecule has 5 heteroatoms. The van der Waals surface area contributed by atoms with Crippen LogP contribution in [0.15, 0.2) is 54.7 Å². The van der Waals surface area contributed by atoms with Crippen molar-refractivity contribution in [2.45, 2.75) is 12.5 Å². The minimum absolute atomic E-state index is 0.0677. The van der Waals surface area contributed by atoms with E-state index >= 15 is 0 Å². The highest BCUT2D eigenvalue weighted by atomic mass is 16.5. The fourth-order valence-corrected chi connectivity index (χ4v) is 3.98. The molecule has 1 amide bonds. The van der Waals surface area contributed by atoms with Gasteiger partial charge in [0, 0.05) is 36.8 Å². The van der Waals surface area contributed by atoms with E-state index in [-0.39, 0.29) is 11.9 Å². The van der Waals surface area contributed by atoms with Gasteiger partial charge in [0.2, 0.25) is 0 Å². The molecule has 0 saturated carbocycles. The van der Waals surface area contributed by atoms with Crippen LogP contribution in [0.4, 0.5) is 0 Å². The molecule has 1 atom stereocenters. The third-order valence-electron chi connectivity index (χ3n) is 5.61. The maximum atomic E-state index is 13.1. The Hall–Kier alpha value is -2.92. The van der Waals surface area contributed by atoms with Crippen LogP contribution in [0.1, 0.15) is 16.8 Å². The summed E-state index contributed by atoms with van der Waals surface area (Å²) in [5.41, 5.74) is 3.58. The number of rotatable bonds is 4. The summed E-state index contributed by atoms with van der Waals surface area (Å²) in [5.74, 6) is 0.815. The number of fused-ring (bicyclic) bond motifs is 1. The fraction of sp³-hybridized carbons (Fsp3) is 0.304. The van der Waals surface area contributed by atoms with Gasteiger partial charge in [-0.2, -0.15) is 0 Å². The van der Waals surface area contributed by atoms with Gasteiger partial charge in [-0.3, -0.25) is 9.78 Å². The summed E-state index contributed by atoms with van der Waals surface area (Å²) in [6, 6.07) is 16.0. The summed E-state index contributed by atoms with van der Waals surface area (Å²) in [6.07, 6.45) is 2.79. The third kappa shape index (κ3) is 3.34. The molecule has 0 aliphatic carbocycles. The molecule has 1 aliphatic rings. The quantitative estimate of drug-likeness (QED) is 0.698. The van der Waals surface area contributed by atoms with Gasteiger partial charge in [0.05, 0.1) is 7.11 Å². The van der Waals surface area contributed by atoms with Crippen molar-refractivity contribution in [1.82, 2.24) is 14.8 Å². The number of hydrogen-bond donors (Lipinski definition) is 0. The van der Waals surface area contributed by atoms with Crippen molar-refractivity contribution in [1.29, 1.82) is 0 Å². The van der Waals surface area contributed by atoms with Crippen LogP contribution in [0, 0.1) is 0 Å². The molecule has 2 heterocycles. The molecular weight excluding hydrogens is 350 g/mol. The maximum absolute atomic E-state index is 13.1. The van der Waals surface area contributed by atoms with Crippen molar-refractivity contribution < 1.29 is 9.53 Å². The van der Waals surface area contributed by atoms with Crippen LogP contribution in [0.2, 0.25) is 0 Å². The van der Waals surface area contributed by atoms with Gasteiger partial charge in [0.1, 0.15) is 11.3 Å². The predicted octanol–water partition coefficient (Wildman–Crippen LogP) is 3.69. The zero-order valence-electron chi connectivity index (χ0n) is 16.6. The first-order chi connectivity index (χ1) is 13.6. The van der Waals surface area contributed by atoms with Gasteiger partial charge in [0.15, 0.2) is 0 Å².